The van der Waals surface area contributed by atoms with Crippen LogP contribution < -0.4 is 20.1 Å². The third-order valence-electron chi connectivity index (χ3n) is 6.99. The molecule has 1 aliphatic heterocycles. The summed E-state index contributed by atoms with van der Waals surface area (Å²) < 4.78 is 11.6. The number of methoxy groups -OCH3 is 1. The van der Waals surface area contributed by atoms with Crippen molar-refractivity contribution in [3.8, 4) is 11.5 Å². The summed E-state index contributed by atoms with van der Waals surface area (Å²) in [5.41, 5.74) is 2.69. The van der Waals surface area contributed by atoms with Crippen LogP contribution in [0, 0.1) is 0 Å². The van der Waals surface area contributed by atoms with E-state index in [9.17, 15) is 4.79 Å². The van der Waals surface area contributed by atoms with Crippen molar-refractivity contribution < 1.29 is 14.3 Å². The fourth-order valence-corrected chi connectivity index (χ4v) is 5.27. The van der Waals surface area contributed by atoms with Crippen LogP contribution in [0.5, 0.6) is 11.5 Å². The summed E-state index contributed by atoms with van der Waals surface area (Å²) in [6.07, 6.45) is 8.97. The molecule has 0 saturated carbocycles. The van der Waals surface area contributed by atoms with E-state index in [0.717, 1.165) is 25.1 Å². The lowest BCUT2D eigenvalue weighted by atomic mass is 10.1. The first-order valence-corrected chi connectivity index (χ1v) is 14.0. The fraction of sp³-hybridized carbons (Fsp3) is 0.290. The minimum Gasteiger partial charge on any atom is -0.494 e. The van der Waals surface area contributed by atoms with E-state index in [2.05, 4.69) is 44.3 Å². The molecule has 41 heavy (non-hydrogen) atoms. The number of benzene rings is 2. The maximum atomic E-state index is 12.9. The summed E-state index contributed by atoms with van der Waals surface area (Å²) in [5.74, 6) is 1.28. The number of ether oxygens (including phenoxy) is 2. The van der Waals surface area contributed by atoms with Gasteiger partial charge in [-0.25, -0.2) is 9.97 Å². The molecule has 2 aromatic heterocycles. The van der Waals surface area contributed by atoms with Gasteiger partial charge in [-0.3, -0.25) is 14.7 Å². The van der Waals surface area contributed by atoms with Crippen LogP contribution in [0.15, 0.2) is 73.2 Å². The molecule has 1 atom stereocenters. The van der Waals surface area contributed by atoms with Crippen LogP contribution in [0.3, 0.4) is 0 Å². The van der Waals surface area contributed by atoms with Crippen LogP contribution in [-0.4, -0.2) is 51.5 Å². The topological polar surface area (TPSA) is 102 Å². The van der Waals surface area contributed by atoms with E-state index in [4.69, 9.17) is 21.1 Å². The molecule has 1 fully saturated rings. The summed E-state index contributed by atoms with van der Waals surface area (Å²) >= 11 is 6.52. The molecular formula is C31H33ClN6O3. The molecule has 0 radical (unpaired) electrons. The van der Waals surface area contributed by atoms with Gasteiger partial charge in [0.05, 0.1) is 34.4 Å². The van der Waals surface area contributed by atoms with Crippen molar-refractivity contribution >= 4 is 45.6 Å². The van der Waals surface area contributed by atoms with Gasteiger partial charge in [0.25, 0.3) is 0 Å². The first-order chi connectivity index (χ1) is 19.9. The Hall–Kier alpha value is -4.21. The molecule has 212 valence electrons. The molecular weight excluding hydrogens is 540 g/mol. The van der Waals surface area contributed by atoms with Crippen LogP contribution >= 0.6 is 11.6 Å². The Balaban J connectivity index is 1.34. The second-order valence-corrected chi connectivity index (χ2v) is 10.4. The molecule has 0 spiro atoms. The summed E-state index contributed by atoms with van der Waals surface area (Å²) in [6.45, 7) is 5.72. The van der Waals surface area contributed by atoms with Crippen molar-refractivity contribution in [2.45, 2.75) is 45.4 Å². The van der Waals surface area contributed by atoms with E-state index in [1.807, 2.05) is 36.4 Å². The lowest BCUT2D eigenvalue weighted by Crippen LogP contribution is -2.34. The Morgan fingerprint density at radius 1 is 1.17 bits per heavy atom. The molecule has 0 bridgehead atoms. The van der Waals surface area contributed by atoms with Crippen molar-refractivity contribution in [2.75, 3.05) is 24.3 Å². The van der Waals surface area contributed by atoms with Gasteiger partial charge in [-0.2, -0.15) is 0 Å². The highest BCUT2D eigenvalue weighted by Gasteiger charge is 2.24. The molecule has 0 aliphatic carbocycles. The Labute approximate surface area is 244 Å². The number of rotatable bonds is 10. The smallest absolute Gasteiger partial charge is 0.248 e. The Morgan fingerprint density at radius 3 is 2.80 bits per heavy atom. The largest absolute Gasteiger partial charge is 0.494 e. The molecule has 5 rings (SSSR count). The first kappa shape index (κ1) is 28.3. The molecule has 10 heteroatoms. The molecule has 1 amide bonds. The molecule has 1 unspecified atom stereocenters. The standard InChI is InChI=1S/C31H33ClN6O3/c1-20(2)38-16-6-8-23(38)10-14-28(39)37-26-12-11-25-29(30(26)40-3)31(35-19-34-25)36-21-9-13-27(24(32)17-21)41-18-22-7-4-5-15-33-22/h4-5,7,9-15,17,19-20,23H,6,8,16,18H2,1-3H3,(H,37,39)(H,34,35,36). The number of nitrogens with one attached hydrogen (secondary N) is 2. The number of halogens is 1. The van der Waals surface area contributed by atoms with Gasteiger partial charge in [0.2, 0.25) is 5.91 Å². The Bertz CT molecular complexity index is 1550. The third kappa shape index (κ3) is 6.75. The molecule has 4 aromatic rings. The van der Waals surface area contributed by atoms with Crippen LogP contribution in [-0.2, 0) is 11.4 Å². The van der Waals surface area contributed by atoms with Gasteiger partial charge in [-0.1, -0.05) is 23.7 Å². The Kier molecular flexibility index (Phi) is 8.96. The molecule has 1 saturated heterocycles. The second kappa shape index (κ2) is 13.0. The zero-order valence-electron chi connectivity index (χ0n) is 23.3. The van der Waals surface area contributed by atoms with E-state index >= 15 is 0 Å². The number of hydrogen-bond acceptors (Lipinski definition) is 8. The SMILES string of the molecule is COc1c(NC(=O)C=CC2CCCN2C(C)C)ccc2ncnc(Nc3ccc(OCc4ccccn4)c(Cl)c3)c12. The number of nitrogens with zero attached hydrogens (tertiary/aromatic N) is 4. The first-order valence-electron chi connectivity index (χ1n) is 13.6. The highest BCUT2D eigenvalue weighted by atomic mass is 35.5. The zero-order chi connectivity index (χ0) is 28.8. The summed E-state index contributed by atoms with van der Waals surface area (Å²) in [6, 6.07) is 15.4. The van der Waals surface area contributed by atoms with Crippen molar-refractivity contribution in [1.82, 2.24) is 19.9 Å². The van der Waals surface area contributed by atoms with E-state index in [1.54, 1.807) is 37.6 Å². The zero-order valence-corrected chi connectivity index (χ0v) is 24.1. The lowest BCUT2D eigenvalue weighted by molar-refractivity contribution is -0.112. The van der Waals surface area contributed by atoms with Gasteiger partial charge >= 0.3 is 0 Å². The van der Waals surface area contributed by atoms with Crippen molar-refractivity contribution in [1.29, 1.82) is 0 Å². The van der Waals surface area contributed by atoms with Crippen LogP contribution in [0.4, 0.5) is 17.2 Å². The number of anilines is 3. The molecule has 9 nitrogen and oxygen atoms in total. The number of carbonyl (C=O) groups is 1. The highest BCUT2D eigenvalue weighted by Crippen LogP contribution is 2.38. The second-order valence-electron chi connectivity index (χ2n) is 10.0. The molecule has 2 aromatic carbocycles. The molecule has 2 N–H and O–H groups in total. The Morgan fingerprint density at radius 2 is 2.05 bits per heavy atom. The van der Waals surface area contributed by atoms with E-state index in [1.165, 1.54) is 6.33 Å². The van der Waals surface area contributed by atoms with Gasteiger partial charge in [0, 0.05) is 30.0 Å². The average Bonchev–Trinajstić information content (AvgIpc) is 3.46. The fourth-order valence-electron chi connectivity index (χ4n) is 5.03. The van der Waals surface area contributed by atoms with Crippen molar-refractivity contribution in [3.05, 3.63) is 83.9 Å². The van der Waals surface area contributed by atoms with Crippen molar-refractivity contribution in [2.24, 2.45) is 0 Å². The number of hydrogen-bond donors (Lipinski definition) is 2. The normalized spacial score (nSPS) is 15.5. The quantitative estimate of drug-likeness (QED) is 0.211. The van der Waals surface area contributed by atoms with E-state index < -0.39 is 0 Å². The van der Waals surface area contributed by atoms with Gasteiger partial charge in [0.15, 0.2) is 5.75 Å². The lowest BCUT2D eigenvalue weighted by Gasteiger charge is -2.25. The summed E-state index contributed by atoms with van der Waals surface area (Å²) in [7, 11) is 1.56. The van der Waals surface area contributed by atoms with E-state index in [0.29, 0.717) is 57.3 Å². The predicted octanol–water partition coefficient (Wildman–Crippen LogP) is 6.38. The molecule has 3 heterocycles. The molecule has 1 aliphatic rings. The summed E-state index contributed by atoms with van der Waals surface area (Å²) in [4.78, 5) is 28.4. The number of fused-ring (bicyclic) bond motifs is 1. The van der Waals surface area contributed by atoms with Crippen LogP contribution in [0.2, 0.25) is 5.02 Å². The van der Waals surface area contributed by atoms with Crippen LogP contribution in [0.25, 0.3) is 10.9 Å². The third-order valence-corrected chi connectivity index (χ3v) is 7.29. The van der Waals surface area contributed by atoms with Gasteiger partial charge in [-0.15, -0.1) is 0 Å². The number of aromatic nitrogens is 3. The van der Waals surface area contributed by atoms with Gasteiger partial charge in [-0.05, 0) is 75.7 Å². The van der Waals surface area contributed by atoms with Gasteiger partial charge < -0.3 is 20.1 Å². The van der Waals surface area contributed by atoms with Crippen LogP contribution in [0.1, 0.15) is 32.4 Å². The maximum Gasteiger partial charge on any atom is 0.248 e. The van der Waals surface area contributed by atoms with Gasteiger partial charge in [0.1, 0.15) is 24.5 Å². The number of likely N-dealkylation sites (tertiary alicyclic amines) is 1. The van der Waals surface area contributed by atoms with Crippen molar-refractivity contribution in [3.63, 3.8) is 0 Å². The predicted molar refractivity (Wildman–Crippen MR) is 162 cm³/mol. The minimum absolute atomic E-state index is 0.224. The van der Waals surface area contributed by atoms with E-state index in [-0.39, 0.29) is 11.9 Å². The minimum atomic E-state index is -0.224. The summed E-state index contributed by atoms with van der Waals surface area (Å²) in [5, 5.41) is 7.34. The average molecular weight is 573 g/mol. The maximum absolute atomic E-state index is 12.9. The monoisotopic (exact) mass is 572 g/mol. The number of pyridine rings is 1. The number of amides is 1. The highest BCUT2D eigenvalue weighted by molar-refractivity contribution is 6.32. The number of carbonyl (C=O) groups excluding carboxylic acids is 1.